The minimum Gasteiger partial charge on any atom is -0.338 e. The summed E-state index contributed by atoms with van der Waals surface area (Å²) in [5, 5.41) is 17.2. The van der Waals surface area contributed by atoms with E-state index in [-0.39, 0.29) is 18.0 Å². The number of aromatic nitrogens is 3. The number of carbonyl (C=O) groups excluding carboxylic acids is 2. The molecule has 148 valence electrons. The molecule has 1 aromatic carbocycles. The van der Waals surface area contributed by atoms with Gasteiger partial charge in [0.15, 0.2) is 5.69 Å². The molecule has 1 fully saturated rings. The van der Waals surface area contributed by atoms with Crippen LogP contribution in [-0.2, 0) is 6.42 Å². The molecule has 2 aliphatic rings. The van der Waals surface area contributed by atoms with E-state index >= 15 is 0 Å². The van der Waals surface area contributed by atoms with Crippen molar-refractivity contribution in [2.75, 3.05) is 36.4 Å². The number of benzene rings is 1. The maximum absolute atomic E-state index is 12.6. The molecule has 0 aliphatic carbocycles. The number of fused-ring (bicyclic) bond motifs is 1. The van der Waals surface area contributed by atoms with Crippen LogP contribution in [0.5, 0.6) is 0 Å². The fourth-order valence-electron chi connectivity index (χ4n) is 3.74. The van der Waals surface area contributed by atoms with Crippen molar-refractivity contribution < 1.29 is 9.59 Å². The molecule has 9 heteroatoms. The Labute approximate surface area is 163 Å². The van der Waals surface area contributed by atoms with E-state index in [1.165, 1.54) is 0 Å². The summed E-state index contributed by atoms with van der Waals surface area (Å²) in [5.41, 5.74) is 2.86. The third-order valence-electron chi connectivity index (χ3n) is 5.24. The van der Waals surface area contributed by atoms with Crippen LogP contribution in [0, 0.1) is 0 Å². The van der Waals surface area contributed by atoms with Gasteiger partial charge in [-0.1, -0.05) is 11.3 Å². The number of hydrogen-bond acceptors (Lipinski definition) is 5. The number of nitrogens with one attached hydrogen (secondary N) is 3. The highest BCUT2D eigenvalue weighted by molar-refractivity contribution is 6.03. The zero-order valence-electron chi connectivity index (χ0n) is 15.9. The summed E-state index contributed by atoms with van der Waals surface area (Å²) >= 11 is 0. The predicted molar refractivity (Wildman–Crippen MR) is 106 cm³/mol. The first-order valence-electron chi connectivity index (χ1n) is 9.78. The predicted octanol–water partition coefficient (Wildman–Crippen LogP) is 1.55. The number of hydrogen-bond donors (Lipinski definition) is 3. The Hall–Kier alpha value is -2.94. The lowest BCUT2D eigenvalue weighted by Gasteiger charge is -2.22. The maximum Gasteiger partial charge on any atom is 0.321 e. The average molecular weight is 383 g/mol. The van der Waals surface area contributed by atoms with E-state index in [9.17, 15) is 9.59 Å². The van der Waals surface area contributed by atoms with Crippen molar-refractivity contribution in [1.82, 2.24) is 25.6 Å². The minimum atomic E-state index is -0.303. The Morgan fingerprint density at radius 1 is 1.29 bits per heavy atom. The summed E-state index contributed by atoms with van der Waals surface area (Å²) in [6, 6.07) is 5.81. The van der Waals surface area contributed by atoms with Crippen molar-refractivity contribution in [3.8, 4) is 0 Å². The molecular formula is C19H25N7O2. The topological polar surface area (TPSA) is 104 Å². The van der Waals surface area contributed by atoms with Crippen LogP contribution < -0.4 is 20.9 Å². The second kappa shape index (κ2) is 7.97. The van der Waals surface area contributed by atoms with E-state index in [2.05, 4.69) is 26.3 Å². The normalized spacial score (nSPS) is 16.7. The van der Waals surface area contributed by atoms with Gasteiger partial charge in [0.1, 0.15) is 0 Å². The van der Waals surface area contributed by atoms with Gasteiger partial charge in [-0.2, -0.15) is 0 Å². The van der Waals surface area contributed by atoms with Crippen molar-refractivity contribution in [1.29, 1.82) is 0 Å². The minimum absolute atomic E-state index is 0.116. The highest BCUT2D eigenvalue weighted by Crippen LogP contribution is 2.31. The quantitative estimate of drug-likeness (QED) is 0.743. The molecule has 0 radical (unpaired) electrons. The molecule has 4 rings (SSSR count). The molecule has 3 heterocycles. The van der Waals surface area contributed by atoms with Gasteiger partial charge in [-0.25, -0.2) is 9.48 Å². The fraction of sp³-hybridized carbons (Fsp3) is 0.474. The van der Waals surface area contributed by atoms with Crippen molar-refractivity contribution in [2.24, 2.45) is 0 Å². The first-order valence-corrected chi connectivity index (χ1v) is 9.78. The largest absolute Gasteiger partial charge is 0.338 e. The number of amides is 3. The van der Waals surface area contributed by atoms with Crippen molar-refractivity contribution >= 4 is 23.3 Å². The van der Waals surface area contributed by atoms with Crippen molar-refractivity contribution in [2.45, 2.75) is 32.2 Å². The molecule has 1 saturated heterocycles. The SMILES string of the molecule is CCNC(=O)N1CCc2ccc(NC(=O)c3cn(C4CCNCC4)nn3)cc21. The Kier molecular flexibility index (Phi) is 5.25. The van der Waals surface area contributed by atoms with Crippen LogP contribution in [-0.4, -0.2) is 53.1 Å². The lowest BCUT2D eigenvalue weighted by Crippen LogP contribution is -2.38. The fourth-order valence-corrected chi connectivity index (χ4v) is 3.74. The van der Waals surface area contributed by atoms with E-state index in [4.69, 9.17) is 0 Å². The molecule has 2 aromatic rings. The summed E-state index contributed by atoms with van der Waals surface area (Å²) in [7, 11) is 0. The van der Waals surface area contributed by atoms with Crippen LogP contribution in [0.1, 0.15) is 41.9 Å². The van der Waals surface area contributed by atoms with E-state index in [1.807, 2.05) is 25.1 Å². The first-order chi connectivity index (χ1) is 13.7. The highest BCUT2D eigenvalue weighted by atomic mass is 16.2. The summed E-state index contributed by atoms with van der Waals surface area (Å²) in [6.45, 7) is 5.01. The number of urea groups is 1. The third-order valence-corrected chi connectivity index (χ3v) is 5.24. The highest BCUT2D eigenvalue weighted by Gasteiger charge is 2.25. The Morgan fingerprint density at radius 2 is 2.11 bits per heavy atom. The Morgan fingerprint density at radius 3 is 2.89 bits per heavy atom. The van der Waals surface area contributed by atoms with Gasteiger partial charge in [-0.05, 0) is 57.0 Å². The second-order valence-corrected chi connectivity index (χ2v) is 7.10. The number of anilines is 2. The molecule has 0 saturated carbocycles. The van der Waals surface area contributed by atoms with Crippen LogP contribution in [0.15, 0.2) is 24.4 Å². The molecule has 0 spiro atoms. The third kappa shape index (κ3) is 3.70. The van der Waals surface area contributed by atoms with E-state index in [0.717, 1.165) is 43.6 Å². The molecular weight excluding hydrogens is 358 g/mol. The second-order valence-electron chi connectivity index (χ2n) is 7.10. The van der Waals surface area contributed by atoms with Crippen LogP contribution in [0.4, 0.5) is 16.2 Å². The number of nitrogens with zero attached hydrogens (tertiary/aromatic N) is 4. The number of piperidine rings is 1. The van der Waals surface area contributed by atoms with Crippen molar-refractivity contribution in [3.63, 3.8) is 0 Å². The number of carbonyl (C=O) groups is 2. The average Bonchev–Trinajstić information content (AvgIpc) is 3.36. The van der Waals surface area contributed by atoms with E-state index in [0.29, 0.717) is 24.5 Å². The summed E-state index contributed by atoms with van der Waals surface area (Å²) in [4.78, 5) is 26.5. The van der Waals surface area contributed by atoms with Crippen molar-refractivity contribution in [3.05, 3.63) is 35.7 Å². The molecule has 9 nitrogen and oxygen atoms in total. The summed E-state index contributed by atoms with van der Waals surface area (Å²) in [6.07, 6.45) is 4.47. The molecule has 1 aromatic heterocycles. The molecule has 0 atom stereocenters. The van der Waals surface area contributed by atoms with Gasteiger partial charge in [-0.3, -0.25) is 9.69 Å². The number of rotatable bonds is 4. The zero-order chi connectivity index (χ0) is 19.5. The lowest BCUT2D eigenvalue weighted by atomic mass is 10.1. The summed E-state index contributed by atoms with van der Waals surface area (Å²) in [5.74, 6) is -0.303. The molecule has 28 heavy (non-hydrogen) atoms. The van der Waals surface area contributed by atoms with Gasteiger partial charge in [0, 0.05) is 18.8 Å². The van der Waals surface area contributed by atoms with Gasteiger partial charge in [0.05, 0.1) is 17.9 Å². The molecule has 0 unspecified atom stereocenters. The molecule has 2 aliphatic heterocycles. The van der Waals surface area contributed by atoms with E-state index in [1.54, 1.807) is 15.8 Å². The van der Waals surface area contributed by atoms with Gasteiger partial charge < -0.3 is 16.0 Å². The van der Waals surface area contributed by atoms with Crippen LogP contribution in [0.3, 0.4) is 0 Å². The molecule has 0 bridgehead atoms. The van der Waals surface area contributed by atoms with Crippen LogP contribution in [0.2, 0.25) is 0 Å². The first kappa shape index (κ1) is 18.4. The summed E-state index contributed by atoms with van der Waals surface area (Å²) < 4.78 is 1.79. The Bertz CT molecular complexity index is 873. The van der Waals surface area contributed by atoms with Crippen LogP contribution >= 0.6 is 0 Å². The zero-order valence-corrected chi connectivity index (χ0v) is 15.9. The van der Waals surface area contributed by atoms with E-state index < -0.39 is 0 Å². The maximum atomic E-state index is 12.6. The smallest absolute Gasteiger partial charge is 0.321 e. The molecule has 3 N–H and O–H groups in total. The van der Waals surface area contributed by atoms with Gasteiger partial charge in [-0.15, -0.1) is 5.10 Å². The standard InChI is InChI=1S/C19H25N7O2/c1-2-21-19(28)25-10-7-13-3-4-14(11-17(13)25)22-18(27)16-12-26(24-23-16)15-5-8-20-9-6-15/h3-4,11-12,15,20H,2,5-10H2,1H3,(H,21,28)(H,22,27). The van der Waals surface area contributed by atoms with Gasteiger partial charge in [0.2, 0.25) is 0 Å². The Balaban J connectivity index is 1.46. The lowest BCUT2D eigenvalue weighted by molar-refractivity contribution is 0.102. The van der Waals surface area contributed by atoms with Gasteiger partial charge >= 0.3 is 6.03 Å². The van der Waals surface area contributed by atoms with Gasteiger partial charge in [0.25, 0.3) is 5.91 Å². The molecule has 3 amide bonds. The van der Waals surface area contributed by atoms with Crippen LogP contribution in [0.25, 0.3) is 0 Å². The monoisotopic (exact) mass is 383 g/mol.